The van der Waals surface area contributed by atoms with Gasteiger partial charge in [0.1, 0.15) is 24.4 Å². The van der Waals surface area contributed by atoms with Crippen LogP contribution < -0.4 is 0 Å². The molecule has 1 aliphatic rings. The molecule has 154 valence electrons. The van der Waals surface area contributed by atoms with Gasteiger partial charge in [-0.05, 0) is 35.6 Å². The SMILES string of the molecule is CCc1ccc(Cc2cn(C3OC(CO)C(O)C(O)[C@H]3O)c3ccccc23)cc1. The van der Waals surface area contributed by atoms with Gasteiger partial charge in [-0.25, -0.2) is 0 Å². The van der Waals surface area contributed by atoms with E-state index in [0.717, 1.165) is 29.3 Å². The van der Waals surface area contributed by atoms with Crippen LogP contribution in [0, 0.1) is 0 Å². The predicted molar refractivity (Wildman–Crippen MR) is 110 cm³/mol. The molecule has 5 atom stereocenters. The molecule has 0 radical (unpaired) electrons. The molecule has 0 aliphatic carbocycles. The number of nitrogens with zero attached hydrogens (tertiary/aromatic N) is 1. The third-order valence-corrected chi connectivity index (χ3v) is 5.79. The molecule has 0 bridgehead atoms. The maximum absolute atomic E-state index is 10.6. The second-order valence-corrected chi connectivity index (χ2v) is 7.65. The van der Waals surface area contributed by atoms with Gasteiger partial charge in [0.25, 0.3) is 0 Å². The van der Waals surface area contributed by atoms with Crippen molar-refractivity contribution in [3.63, 3.8) is 0 Å². The number of aromatic nitrogens is 1. The first-order valence-corrected chi connectivity index (χ1v) is 10.00. The molecule has 1 aliphatic heterocycles. The minimum atomic E-state index is -1.41. The van der Waals surface area contributed by atoms with Gasteiger partial charge in [0.05, 0.1) is 12.1 Å². The van der Waals surface area contributed by atoms with Gasteiger partial charge in [0.2, 0.25) is 0 Å². The van der Waals surface area contributed by atoms with E-state index in [9.17, 15) is 20.4 Å². The molecule has 0 saturated carbocycles. The molecule has 1 aromatic heterocycles. The molecule has 0 amide bonds. The Balaban J connectivity index is 1.72. The van der Waals surface area contributed by atoms with E-state index in [2.05, 4.69) is 31.2 Å². The van der Waals surface area contributed by atoms with Crippen molar-refractivity contribution in [1.29, 1.82) is 0 Å². The van der Waals surface area contributed by atoms with Crippen LogP contribution in [0.5, 0.6) is 0 Å². The first kappa shape index (κ1) is 20.1. The zero-order chi connectivity index (χ0) is 20.5. The molecule has 2 heterocycles. The molecule has 6 nitrogen and oxygen atoms in total. The number of fused-ring (bicyclic) bond motifs is 1. The van der Waals surface area contributed by atoms with Gasteiger partial charge in [-0.3, -0.25) is 0 Å². The van der Waals surface area contributed by atoms with Crippen LogP contribution in [0.15, 0.2) is 54.7 Å². The summed E-state index contributed by atoms with van der Waals surface area (Å²) in [6.07, 6.45) is -2.31. The topological polar surface area (TPSA) is 95.1 Å². The Kier molecular flexibility index (Phi) is 5.72. The highest BCUT2D eigenvalue weighted by Crippen LogP contribution is 2.33. The van der Waals surface area contributed by atoms with E-state index in [-0.39, 0.29) is 0 Å². The molecule has 4 N–H and O–H groups in total. The molecule has 1 saturated heterocycles. The van der Waals surface area contributed by atoms with Crippen LogP contribution in [0.3, 0.4) is 0 Å². The second-order valence-electron chi connectivity index (χ2n) is 7.65. The minimum absolute atomic E-state index is 0.447. The van der Waals surface area contributed by atoms with Crippen LogP contribution in [0.2, 0.25) is 0 Å². The van der Waals surface area contributed by atoms with Crippen LogP contribution in [-0.4, -0.2) is 56.0 Å². The summed E-state index contributed by atoms with van der Waals surface area (Å²) in [5.74, 6) is 0. The predicted octanol–water partition coefficient (Wildman–Crippen LogP) is 1.77. The lowest BCUT2D eigenvalue weighted by Gasteiger charge is -2.40. The lowest BCUT2D eigenvalue weighted by molar-refractivity contribution is -0.250. The molecule has 4 unspecified atom stereocenters. The van der Waals surface area contributed by atoms with Gasteiger partial charge in [-0.15, -0.1) is 0 Å². The fourth-order valence-electron chi connectivity index (χ4n) is 4.05. The zero-order valence-electron chi connectivity index (χ0n) is 16.3. The van der Waals surface area contributed by atoms with Crippen molar-refractivity contribution >= 4 is 10.9 Å². The smallest absolute Gasteiger partial charge is 0.163 e. The van der Waals surface area contributed by atoms with Crippen molar-refractivity contribution in [3.8, 4) is 0 Å². The number of ether oxygens (including phenoxy) is 1. The highest BCUT2D eigenvalue weighted by atomic mass is 16.6. The Hall–Kier alpha value is -2.22. The fraction of sp³-hybridized carbons (Fsp3) is 0.391. The maximum atomic E-state index is 10.6. The van der Waals surface area contributed by atoms with Crippen LogP contribution in [0.4, 0.5) is 0 Å². The van der Waals surface area contributed by atoms with E-state index in [4.69, 9.17) is 4.74 Å². The van der Waals surface area contributed by atoms with Gasteiger partial charge in [-0.1, -0.05) is 49.4 Å². The molecular formula is C23H27NO5. The molecular weight excluding hydrogens is 370 g/mol. The third-order valence-electron chi connectivity index (χ3n) is 5.79. The average Bonchev–Trinajstić information content (AvgIpc) is 3.11. The Morgan fingerprint density at radius 1 is 0.897 bits per heavy atom. The Labute approximate surface area is 169 Å². The van der Waals surface area contributed by atoms with Crippen LogP contribution in [0.25, 0.3) is 10.9 Å². The zero-order valence-corrected chi connectivity index (χ0v) is 16.3. The quantitative estimate of drug-likeness (QED) is 0.526. The number of aliphatic hydroxyl groups excluding tert-OH is 4. The van der Waals surface area contributed by atoms with E-state index in [1.54, 1.807) is 4.57 Å². The molecule has 0 spiro atoms. The molecule has 3 aromatic rings. The molecule has 4 rings (SSSR count). The van der Waals surface area contributed by atoms with Gasteiger partial charge in [0.15, 0.2) is 6.23 Å². The fourth-order valence-corrected chi connectivity index (χ4v) is 4.05. The largest absolute Gasteiger partial charge is 0.394 e. The normalized spacial score (nSPS) is 27.4. The van der Waals surface area contributed by atoms with E-state index in [1.807, 2.05) is 30.5 Å². The van der Waals surface area contributed by atoms with Crippen molar-refractivity contribution in [2.45, 2.75) is 50.4 Å². The van der Waals surface area contributed by atoms with Crippen molar-refractivity contribution in [3.05, 3.63) is 71.4 Å². The van der Waals surface area contributed by atoms with Crippen molar-refractivity contribution < 1.29 is 25.2 Å². The summed E-state index contributed by atoms with van der Waals surface area (Å²) in [7, 11) is 0. The number of para-hydroxylation sites is 1. The minimum Gasteiger partial charge on any atom is -0.394 e. The van der Waals surface area contributed by atoms with Crippen LogP contribution >= 0.6 is 0 Å². The molecule has 2 aromatic carbocycles. The maximum Gasteiger partial charge on any atom is 0.163 e. The van der Waals surface area contributed by atoms with Crippen molar-refractivity contribution in [2.24, 2.45) is 0 Å². The first-order valence-electron chi connectivity index (χ1n) is 10.00. The average molecular weight is 397 g/mol. The lowest BCUT2D eigenvalue weighted by Crippen LogP contribution is -2.56. The van der Waals surface area contributed by atoms with Gasteiger partial charge >= 0.3 is 0 Å². The van der Waals surface area contributed by atoms with E-state index >= 15 is 0 Å². The first-order chi connectivity index (χ1) is 14.0. The highest BCUT2D eigenvalue weighted by Gasteiger charge is 2.44. The standard InChI is InChI=1S/C23H27NO5/c1-2-14-7-9-15(10-8-14)11-16-12-24(18-6-4-3-5-17(16)18)23-22(28)21(27)20(26)19(13-25)29-23/h3-10,12,19-23,25-28H,2,11,13H2,1H3/t19?,20?,21?,22-,23?/m1/s1. The van der Waals surface area contributed by atoms with Gasteiger partial charge in [0, 0.05) is 11.6 Å². The summed E-state index contributed by atoms with van der Waals surface area (Å²) < 4.78 is 7.56. The van der Waals surface area contributed by atoms with E-state index in [0.29, 0.717) is 0 Å². The van der Waals surface area contributed by atoms with Gasteiger partial charge in [-0.2, -0.15) is 0 Å². The van der Waals surface area contributed by atoms with Gasteiger partial charge < -0.3 is 29.7 Å². The summed E-state index contributed by atoms with van der Waals surface area (Å²) in [6, 6.07) is 16.3. The number of rotatable bonds is 5. The summed E-state index contributed by atoms with van der Waals surface area (Å²) in [4.78, 5) is 0. The molecule has 1 fully saturated rings. The van der Waals surface area contributed by atoms with Crippen LogP contribution in [0.1, 0.15) is 29.8 Å². The number of hydrogen-bond acceptors (Lipinski definition) is 5. The van der Waals surface area contributed by atoms with Crippen molar-refractivity contribution in [2.75, 3.05) is 6.61 Å². The summed E-state index contributed by atoms with van der Waals surface area (Å²) >= 11 is 0. The highest BCUT2D eigenvalue weighted by molar-refractivity contribution is 5.84. The number of hydrogen-bond donors (Lipinski definition) is 4. The monoisotopic (exact) mass is 397 g/mol. The lowest BCUT2D eigenvalue weighted by atomic mass is 9.98. The van der Waals surface area contributed by atoms with E-state index in [1.165, 1.54) is 11.1 Å². The summed E-state index contributed by atoms with van der Waals surface area (Å²) in [5.41, 5.74) is 4.40. The van der Waals surface area contributed by atoms with E-state index < -0.39 is 37.3 Å². The summed E-state index contributed by atoms with van der Waals surface area (Å²) in [6.45, 7) is 1.68. The number of benzene rings is 2. The molecule has 29 heavy (non-hydrogen) atoms. The van der Waals surface area contributed by atoms with Crippen LogP contribution in [-0.2, 0) is 17.6 Å². The number of aryl methyl sites for hydroxylation is 1. The van der Waals surface area contributed by atoms with Crippen molar-refractivity contribution in [1.82, 2.24) is 4.57 Å². The number of aliphatic hydroxyl groups is 4. The molecule has 6 heteroatoms. The second kappa shape index (κ2) is 8.26. The Morgan fingerprint density at radius 2 is 1.59 bits per heavy atom. The Morgan fingerprint density at radius 3 is 2.28 bits per heavy atom. The summed E-state index contributed by atoms with van der Waals surface area (Å²) in [5, 5.41) is 41.3. The third kappa shape index (κ3) is 3.70. The Bertz CT molecular complexity index is 965.